The first-order chi connectivity index (χ1) is 9.66. The number of hydrogen-bond donors (Lipinski definition) is 2. The van der Waals surface area contributed by atoms with Crippen molar-refractivity contribution in [3.8, 4) is 0 Å². The predicted octanol–water partition coefficient (Wildman–Crippen LogP) is 3.89. The molecule has 3 nitrogen and oxygen atoms in total. The molecule has 2 aliphatic rings. The van der Waals surface area contributed by atoms with Gasteiger partial charge in [-0.3, -0.25) is 5.41 Å². The summed E-state index contributed by atoms with van der Waals surface area (Å²) in [7, 11) is 0. The third-order valence-corrected chi connectivity index (χ3v) is 5.30. The van der Waals surface area contributed by atoms with Crippen molar-refractivity contribution in [3.63, 3.8) is 0 Å². The quantitative estimate of drug-likeness (QED) is 0.650. The van der Waals surface area contributed by atoms with Gasteiger partial charge < -0.3 is 10.6 Å². The Morgan fingerprint density at radius 2 is 1.95 bits per heavy atom. The number of nitrogens with one attached hydrogen (secondary N) is 1. The molecule has 1 aliphatic carbocycles. The molecule has 0 spiro atoms. The van der Waals surface area contributed by atoms with E-state index in [9.17, 15) is 0 Å². The molecule has 3 rings (SSSR count). The van der Waals surface area contributed by atoms with Crippen molar-refractivity contribution in [3.05, 3.63) is 28.2 Å². The summed E-state index contributed by atoms with van der Waals surface area (Å²) in [5, 5.41) is 7.82. The molecule has 1 aromatic carbocycles. The van der Waals surface area contributed by atoms with Gasteiger partial charge in [0.05, 0.1) is 0 Å². The molecule has 0 radical (unpaired) electrons. The maximum Gasteiger partial charge on any atom is 0.124 e. The predicted molar refractivity (Wildman–Crippen MR) is 87.5 cm³/mol. The van der Waals surface area contributed by atoms with Gasteiger partial charge in [-0.15, -0.1) is 0 Å². The second kappa shape index (κ2) is 5.76. The fourth-order valence-corrected chi connectivity index (χ4v) is 4.24. The van der Waals surface area contributed by atoms with Crippen LogP contribution in [-0.4, -0.2) is 18.4 Å². The Kier molecular flexibility index (Phi) is 4.01. The Bertz CT molecular complexity index is 508. The number of benzene rings is 1. The molecule has 1 saturated heterocycles. The highest BCUT2D eigenvalue weighted by Gasteiger charge is 2.34. The van der Waals surface area contributed by atoms with E-state index < -0.39 is 0 Å². The molecule has 0 aromatic heterocycles. The third-order valence-electron chi connectivity index (χ3n) is 4.80. The highest BCUT2D eigenvalue weighted by atomic mass is 79.9. The first-order valence-electron chi connectivity index (χ1n) is 7.57. The second-order valence-electron chi connectivity index (χ2n) is 6.02. The summed E-state index contributed by atoms with van der Waals surface area (Å²) in [5.41, 5.74) is 7.79. The van der Waals surface area contributed by atoms with E-state index in [2.05, 4.69) is 26.9 Å². The molecule has 4 heteroatoms. The molecular formula is C16H22BrN3. The highest BCUT2D eigenvalue weighted by molar-refractivity contribution is 9.10. The van der Waals surface area contributed by atoms with Crippen molar-refractivity contribution < 1.29 is 0 Å². The Labute approximate surface area is 129 Å². The molecular weight excluding hydrogens is 314 g/mol. The average Bonchev–Trinajstić information content (AvgIpc) is 3.09. The number of rotatable bonds is 3. The first-order valence-corrected chi connectivity index (χ1v) is 8.36. The zero-order valence-corrected chi connectivity index (χ0v) is 13.3. The van der Waals surface area contributed by atoms with Crippen LogP contribution in [0.25, 0.3) is 0 Å². The molecule has 2 fully saturated rings. The second-order valence-corrected chi connectivity index (χ2v) is 6.94. The van der Waals surface area contributed by atoms with Gasteiger partial charge >= 0.3 is 0 Å². The molecule has 1 aliphatic heterocycles. The molecule has 1 saturated carbocycles. The maximum absolute atomic E-state index is 7.82. The molecule has 20 heavy (non-hydrogen) atoms. The van der Waals surface area contributed by atoms with Gasteiger partial charge in [0.25, 0.3) is 0 Å². The summed E-state index contributed by atoms with van der Waals surface area (Å²) in [6.07, 6.45) is 8.04. The molecule has 1 unspecified atom stereocenters. The van der Waals surface area contributed by atoms with E-state index in [0.717, 1.165) is 28.2 Å². The number of amidine groups is 1. The Morgan fingerprint density at radius 1 is 1.20 bits per heavy atom. The van der Waals surface area contributed by atoms with Gasteiger partial charge in [0.15, 0.2) is 0 Å². The van der Waals surface area contributed by atoms with E-state index in [4.69, 9.17) is 11.1 Å². The monoisotopic (exact) mass is 335 g/mol. The lowest BCUT2D eigenvalue weighted by atomic mass is 9.95. The summed E-state index contributed by atoms with van der Waals surface area (Å²) >= 11 is 3.56. The highest BCUT2D eigenvalue weighted by Crippen LogP contribution is 2.39. The van der Waals surface area contributed by atoms with E-state index in [0.29, 0.717) is 6.04 Å². The lowest BCUT2D eigenvalue weighted by Crippen LogP contribution is -2.36. The van der Waals surface area contributed by atoms with Crippen LogP contribution in [0, 0.1) is 11.3 Å². The number of nitrogen functional groups attached to an aromatic ring is 1. The number of halogens is 1. The topological polar surface area (TPSA) is 53.1 Å². The largest absolute Gasteiger partial charge is 0.384 e. The van der Waals surface area contributed by atoms with Gasteiger partial charge in [-0.2, -0.15) is 0 Å². The summed E-state index contributed by atoms with van der Waals surface area (Å²) in [4.78, 5) is 2.51. The number of hydrogen-bond acceptors (Lipinski definition) is 2. The third kappa shape index (κ3) is 2.58. The van der Waals surface area contributed by atoms with Crippen LogP contribution in [0.5, 0.6) is 0 Å². The lowest BCUT2D eigenvalue weighted by Gasteiger charge is -2.32. The van der Waals surface area contributed by atoms with Crippen molar-refractivity contribution >= 4 is 27.5 Å². The van der Waals surface area contributed by atoms with E-state index in [1.807, 2.05) is 12.1 Å². The standard InChI is InChI=1S/C16H22BrN3/c17-12-7-8-13(16(18)19)15(10-12)20-9-3-6-14(20)11-4-1-2-5-11/h7-8,10-11,14H,1-6,9H2,(H3,18,19). The number of nitrogens with zero attached hydrogens (tertiary/aromatic N) is 1. The average molecular weight is 336 g/mol. The molecule has 0 bridgehead atoms. The normalized spacial score (nSPS) is 23.4. The van der Waals surface area contributed by atoms with Crippen molar-refractivity contribution in [1.82, 2.24) is 0 Å². The van der Waals surface area contributed by atoms with Crippen LogP contribution >= 0.6 is 15.9 Å². The van der Waals surface area contributed by atoms with Gasteiger partial charge in [0.2, 0.25) is 0 Å². The Morgan fingerprint density at radius 3 is 2.65 bits per heavy atom. The zero-order valence-electron chi connectivity index (χ0n) is 11.7. The van der Waals surface area contributed by atoms with Gasteiger partial charge in [-0.1, -0.05) is 28.8 Å². The number of nitrogens with two attached hydrogens (primary N) is 1. The SMILES string of the molecule is N=C(N)c1ccc(Br)cc1N1CCCC1C1CCCC1. The molecule has 1 heterocycles. The van der Waals surface area contributed by atoms with E-state index in [-0.39, 0.29) is 5.84 Å². The fraction of sp³-hybridized carbons (Fsp3) is 0.562. The minimum absolute atomic E-state index is 0.171. The van der Waals surface area contributed by atoms with E-state index in [1.54, 1.807) is 0 Å². The summed E-state index contributed by atoms with van der Waals surface area (Å²) < 4.78 is 1.06. The van der Waals surface area contributed by atoms with Gasteiger partial charge in [-0.05, 0) is 49.8 Å². The van der Waals surface area contributed by atoms with Crippen LogP contribution in [-0.2, 0) is 0 Å². The first kappa shape index (κ1) is 13.9. The summed E-state index contributed by atoms with van der Waals surface area (Å²) in [6.45, 7) is 1.10. The lowest BCUT2D eigenvalue weighted by molar-refractivity contribution is 0.430. The molecule has 1 atom stereocenters. The van der Waals surface area contributed by atoms with Crippen LogP contribution in [0.15, 0.2) is 22.7 Å². The van der Waals surface area contributed by atoms with Gasteiger partial charge in [0.1, 0.15) is 5.84 Å². The number of anilines is 1. The fourth-order valence-electron chi connectivity index (χ4n) is 3.89. The van der Waals surface area contributed by atoms with Crippen molar-refractivity contribution in [2.45, 2.75) is 44.6 Å². The van der Waals surface area contributed by atoms with Crippen LogP contribution in [0.2, 0.25) is 0 Å². The molecule has 1 aromatic rings. The van der Waals surface area contributed by atoms with Crippen LogP contribution in [0.4, 0.5) is 5.69 Å². The zero-order chi connectivity index (χ0) is 14.1. The Hall–Kier alpha value is -1.03. The van der Waals surface area contributed by atoms with Crippen molar-refractivity contribution in [2.24, 2.45) is 11.7 Å². The van der Waals surface area contributed by atoms with Crippen LogP contribution in [0.1, 0.15) is 44.1 Å². The maximum atomic E-state index is 7.82. The van der Waals surface area contributed by atoms with Gasteiger partial charge in [-0.25, -0.2) is 0 Å². The summed E-state index contributed by atoms with van der Waals surface area (Å²) in [5.74, 6) is 1.00. The van der Waals surface area contributed by atoms with Crippen molar-refractivity contribution in [2.75, 3.05) is 11.4 Å². The van der Waals surface area contributed by atoms with Gasteiger partial charge in [0, 0.05) is 28.3 Å². The minimum Gasteiger partial charge on any atom is -0.384 e. The van der Waals surface area contributed by atoms with E-state index >= 15 is 0 Å². The Balaban J connectivity index is 1.94. The summed E-state index contributed by atoms with van der Waals surface area (Å²) in [6, 6.07) is 6.71. The van der Waals surface area contributed by atoms with Crippen LogP contribution in [0.3, 0.4) is 0 Å². The van der Waals surface area contributed by atoms with E-state index in [1.165, 1.54) is 38.5 Å². The smallest absolute Gasteiger partial charge is 0.124 e. The minimum atomic E-state index is 0.171. The van der Waals surface area contributed by atoms with Crippen LogP contribution < -0.4 is 10.6 Å². The molecule has 108 valence electrons. The molecule has 0 amide bonds. The molecule has 3 N–H and O–H groups in total. The van der Waals surface area contributed by atoms with Crippen molar-refractivity contribution in [1.29, 1.82) is 5.41 Å².